The van der Waals surface area contributed by atoms with Crippen LogP contribution in [0.15, 0.2) is 97.1 Å². The summed E-state index contributed by atoms with van der Waals surface area (Å²) >= 11 is 5.89. The highest BCUT2D eigenvalue weighted by Gasteiger charge is 2.14. The number of anilines is 2. The van der Waals surface area contributed by atoms with E-state index >= 15 is 0 Å². The first-order valence-electron chi connectivity index (χ1n) is 10.7. The summed E-state index contributed by atoms with van der Waals surface area (Å²) in [4.78, 5) is 25.7. The van der Waals surface area contributed by atoms with E-state index in [1.54, 1.807) is 60.7 Å². The lowest BCUT2D eigenvalue weighted by atomic mass is 10.1. The molecule has 4 aromatic carbocycles. The van der Waals surface area contributed by atoms with Crippen LogP contribution in [-0.2, 0) is 6.61 Å². The van der Waals surface area contributed by atoms with Gasteiger partial charge in [0, 0.05) is 16.3 Å². The van der Waals surface area contributed by atoms with Crippen LogP contribution >= 0.6 is 11.6 Å². The Bertz CT molecular complexity index is 1300. The van der Waals surface area contributed by atoms with Crippen molar-refractivity contribution in [1.29, 1.82) is 0 Å². The van der Waals surface area contributed by atoms with Crippen molar-refractivity contribution in [2.75, 3.05) is 10.6 Å². The molecule has 5 nitrogen and oxygen atoms in total. The molecule has 0 saturated heterocycles. The number of ether oxygens (including phenoxy) is 1. The van der Waals surface area contributed by atoms with Crippen molar-refractivity contribution in [3.05, 3.63) is 124 Å². The highest BCUT2D eigenvalue weighted by Crippen LogP contribution is 2.20. The Labute approximate surface area is 203 Å². The van der Waals surface area contributed by atoms with Gasteiger partial charge in [-0.25, -0.2) is 0 Å². The Balaban J connectivity index is 1.40. The zero-order valence-electron chi connectivity index (χ0n) is 18.5. The smallest absolute Gasteiger partial charge is 0.257 e. The molecule has 2 N–H and O–H groups in total. The molecule has 34 heavy (non-hydrogen) atoms. The van der Waals surface area contributed by atoms with Crippen molar-refractivity contribution in [2.24, 2.45) is 0 Å². The van der Waals surface area contributed by atoms with Gasteiger partial charge in [-0.05, 0) is 78.7 Å². The molecule has 0 aliphatic carbocycles. The van der Waals surface area contributed by atoms with E-state index in [4.69, 9.17) is 16.3 Å². The molecule has 0 atom stereocenters. The van der Waals surface area contributed by atoms with E-state index in [-0.39, 0.29) is 11.8 Å². The van der Waals surface area contributed by atoms with Crippen molar-refractivity contribution in [3.63, 3.8) is 0 Å². The highest BCUT2D eigenvalue weighted by molar-refractivity contribution is 6.30. The molecule has 0 fully saturated rings. The van der Waals surface area contributed by atoms with Crippen LogP contribution in [0.25, 0.3) is 0 Å². The molecule has 0 radical (unpaired) electrons. The average Bonchev–Trinajstić information content (AvgIpc) is 2.84. The lowest BCUT2D eigenvalue weighted by molar-refractivity contribution is 0.102. The number of amides is 2. The van der Waals surface area contributed by atoms with Gasteiger partial charge in [-0.3, -0.25) is 9.59 Å². The lowest BCUT2D eigenvalue weighted by Gasteiger charge is -2.12. The van der Waals surface area contributed by atoms with Crippen LogP contribution in [0.5, 0.6) is 5.75 Å². The van der Waals surface area contributed by atoms with Crippen LogP contribution < -0.4 is 15.4 Å². The van der Waals surface area contributed by atoms with E-state index < -0.39 is 0 Å². The Hall–Kier alpha value is -4.09. The van der Waals surface area contributed by atoms with Crippen LogP contribution in [0.4, 0.5) is 11.4 Å². The fourth-order valence-corrected chi connectivity index (χ4v) is 3.48. The molecule has 0 unspecified atom stereocenters. The first-order chi connectivity index (χ1) is 16.5. The third-order valence-corrected chi connectivity index (χ3v) is 5.38. The van der Waals surface area contributed by atoms with Gasteiger partial charge in [0.05, 0.1) is 11.3 Å². The summed E-state index contributed by atoms with van der Waals surface area (Å²) in [6.45, 7) is 2.32. The molecule has 0 aliphatic heterocycles. The molecule has 0 spiro atoms. The Morgan fingerprint density at radius 2 is 1.53 bits per heavy atom. The maximum atomic E-state index is 12.8. The Morgan fingerprint density at radius 3 is 2.26 bits per heavy atom. The van der Waals surface area contributed by atoms with Gasteiger partial charge in [0.25, 0.3) is 11.8 Å². The van der Waals surface area contributed by atoms with Gasteiger partial charge in [0.15, 0.2) is 0 Å². The highest BCUT2D eigenvalue weighted by atomic mass is 35.5. The summed E-state index contributed by atoms with van der Waals surface area (Å²) < 4.78 is 5.74. The number of hydrogen-bond acceptors (Lipinski definition) is 3. The number of para-hydroxylation sites is 1. The van der Waals surface area contributed by atoms with Gasteiger partial charge in [-0.2, -0.15) is 0 Å². The minimum atomic E-state index is -0.305. The van der Waals surface area contributed by atoms with Gasteiger partial charge >= 0.3 is 0 Å². The van der Waals surface area contributed by atoms with Crippen molar-refractivity contribution >= 4 is 34.8 Å². The van der Waals surface area contributed by atoms with Gasteiger partial charge in [0.2, 0.25) is 0 Å². The van der Waals surface area contributed by atoms with Crippen LogP contribution in [0.2, 0.25) is 5.02 Å². The fraction of sp³-hybridized carbons (Fsp3) is 0.0714. The Kier molecular flexibility index (Phi) is 7.25. The maximum Gasteiger partial charge on any atom is 0.257 e. The van der Waals surface area contributed by atoms with E-state index in [1.807, 2.05) is 43.3 Å². The summed E-state index contributed by atoms with van der Waals surface area (Å²) in [6.07, 6.45) is 0. The predicted molar refractivity (Wildman–Crippen MR) is 136 cm³/mol. The van der Waals surface area contributed by atoms with E-state index in [2.05, 4.69) is 10.6 Å². The molecule has 0 saturated carbocycles. The summed E-state index contributed by atoms with van der Waals surface area (Å²) in [5.41, 5.74) is 3.95. The second-order valence-corrected chi connectivity index (χ2v) is 8.20. The second kappa shape index (κ2) is 10.7. The minimum absolute atomic E-state index is 0.295. The van der Waals surface area contributed by atoms with Crippen molar-refractivity contribution in [1.82, 2.24) is 0 Å². The molecule has 170 valence electrons. The van der Waals surface area contributed by atoms with Crippen LogP contribution in [0.1, 0.15) is 31.8 Å². The molecular weight excluding hydrogens is 448 g/mol. The van der Waals surface area contributed by atoms with Crippen molar-refractivity contribution in [3.8, 4) is 5.75 Å². The number of carbonyl (C=O) groups excluding carboxylic acids is 2. The summed E-state index contributed by atoms with van der Waals surface area (Å²) in [5, 5.41) is 6.37. The maximum absolute atomic E-state index is 12.8. The molecule has 0 aliphatic rings. The van der Waals surface area contributed by atoms with Crippen LogP contribution in [0.3, 0.4) is 0 Å². The second-order valence-electron chi connectivity index (χ2n) is 7.76. The standard InChI is InChI=1S/C28H23ClN2O3/c1-19-5-4-6-23(17-19)30-28(33)25-7-2-3-8-26(25)31-27(32)21-11-9-20(10-12-21)18-34-24-15-13-22(29)14-16-24/h2-17H,18H2,1H3,(H,30,33)(H,31,32). The van der Waals surface area contributed by atoms with Crippen LogP contribution in [0, 0.1) is 6.92 Å². The summed E-state index contributed by atoms with van der Waals surface area (Å²) in [7, 11) is 0. The molecule has 0 aromatic heterocycles. The van der Waals surface area contributed by atoms with E-state index in [0.29, 0.717) is 39.9 Å². The van der Waals surface area contributed by atoms with Crippen molar-refractivity contribution in [2.45, 2.75) is 13.5 Å². The number of nitrogens with one attached hydrogen (secondary N) is 2. The monoisotopic (exact) mass is 470 g/mol. The fourth-order valence-electron chi connectivity index (χ4n) is 3.36. The van der Waals surface area contributed by atoms with E-state index in [9.17, 15) is 9.59 Å². The average molecular weight is 471 g/mol. The third kappa shape index (κ3) is 6.03. The van der Waals surface area contributed by atoms with Gasteiger partial charge in [-0.15, -0.1) is 0 Å². The normalized spacial score (nSPS) is 10.4. The molecule has 4 rings (SSSR count). The lowest BCUT2D eigenvalue weighted by Crippen LogP contribution is -2.18. The number of benzene rings is 4. The largest absolute Gasteiger partial charge is 0.489 e. The quantitative estimate of drug-likeness (QED) is 0.314. The van der Waals surface area contributed by atoms with Crippen molar-refractivity contribution < 1.29 is 14.3 Å². The molecule has 2 amide bonds. The third-order valence-electron chi connectivity index (χ3n) is 5.13. The topological polar surface area (TPSA) is 67.4 Å². The number of carbonyl (C=O) groups is 2. The van der Waals surface area contributed by atoms with Gasteiger partial charge < -0.3 is 15.4 Å². The number of hydrogen-bond donors (Lipinski definition) is 2. The zero-order chi connectivity index (χ0) is 23.9. The number of rotatable bonds is 7. The predicted octanol–water partition coefficient (Wildman–Crippen LogP) is 6.73. The molecule has 0 heterocycles. The zero-order valence-corrected chi connectivity index (χ0v) is 19.3. The van der Waals surface area contributed by atoms with Gasteiger partial charge in [0.1, 0.15) is 12.4 Å². The first kappa shape index (κ1) is 23.1. The Morgan fingerprint density at radius 1 is 0.794 bits per heavy atom. The molecule has 0 bridgehead atoms. The van der Waals surface area contributed by atoms with Crippen LogP contribution in [-0.4, -0.2) is 11.8 Å². The summed E-state index contributed by atoms with van der Waals surface area (Å²) in [6, 6.07) is 28.7. The molecular formula is C28H23ClN2O3. The van der Waals surface area contributed by atoms with E-state index in [1.165, 1.54) is 0 Å². The van der Waals surface area contributed by atoms with Gasteiger partial charge in [-0.1, -0.05) is 48.0 Å². The molecule has 4 aromatic rings. The minimum Gasteiger partial charge on any atom is -0.489 e. The van der Waals surface area contributed by atoms with E-state index in [0.717, 1.165) is 11.1 Å². The molecule has 6 heteroatoms. The number of aryl methyl sites for hydroxylation is 1. The first-order valence-corrected chi connectivity index (χ1v) is 11.1. The SMILES string of the molecule is Cc1cccc(NC(=O)c2ccccc2NC(=O)c2ccc(COc3ccc(Cl)cc3)cc2)c1. The summed E-state index contributed by atoms with van der Waals surface area (Å²) in [5.74, 6) is 0.115. The number of halogens is 1.